The Labute approximate surface area is 136 Å². The highest BCUT2D eigenvalue weighted by Gasteiger charge is 2.35. The van der Waals surface area contributed by atoms with E-state index < -0.39 is 12.2 Å². The first-order chi connectivity index (χ1) is 11.2. The fourth-order valence-electron chi connectivity index (χ4n) is 2.63. The second kappa shape index (κ2) is 8.22. The van der Waals surface area contributed by atoms with Crippen molar-refractivity contribution in [1.29, 1.82) is 0 Å². The molecule has 1 aliphatic rings. The number of nitrogens with one attached hydrogen (secondary N) is 1. The first-order valence-electron chi connectivity index (χ1n) is 7.78. The molecule has 2 atom stereocenters. The molecule has 23 heavy (non-hydrogen) atoms. The van der Waals surface area contributed by atoms with Crippen LogP contribution in [0.15, 0.2) is 42.5 Å². The molecular weight excluding hydrogens is 296 g/mol. The number of ether oxygens (including phenoxy) is 2. The average Bonchev–Trinajstić information content (AvgIpc) is 3.03. The molecular formula is C17H22N2O4. The van der Waals surface area contributed by atoms with Crippen LogP contribution < -0.4 is 5.43 Å². The molecule has 1 aromatic carbocycles. The summed E-state index contributed by atoms with van der Waals surface area (Å²) in [5.74, 6) is -0.0115. The number of hydrazine groups is 1. The Morgan fingerprint density at radius 2 is 1.87 bits per heavy atom. The predicted octanol–water partition coefficient (Wildman–Crippen LogP) is 3.22. The van der Waals surface area contributed by atoms with Gasteiger partial charge in [-0.1, -0.05) is 42.5 Å². The van der Waals surface area contributed by atoms with Gasteiger partial charge in [0.15, 0.2) is 0 Å². The van der Waals surface area contributed by atoms with Crippen LogP contribution in [-0.4, -0.2) is 36.5 Å². The molecule has 0 fully saturated rings. The van der Waals surface area contributed by atoms with Crippen LogP contribution in [0.4, 0.5) is 9.59 Å². The van der Waals surface area contributed by atoms with Crippen LogP contribution in [0.1, 0.15) is 31.7 Å². The number of hydrogen-bond donors (Lipinski definition) is 1. The maximum atomic E-state index is 12.3. The lowest BCUT2D eigenvalue weighted by Gasteiger charge is -2.31. The summed E-state index contributed by atoms with van der Waals surface area (Å²) >= 11 is 0. The first-order valence-corrected chi connectivity index (χ1v) is 7.78. The van der Waals surface area contributed by atoms with Crippen molar-refractivity contribution in [3.8, 4) is 0 Å². The molecule has 1 aromatic rings. The molecule has 2 amide bonds. The lowest BCUT2D eigenvalue weighted by atomic mass is 9.94. The van der Waals surface area contributed by atoms with Gasteiger partial charge in [0.05, 0.1) is 19.3 Å². The molecule has 0 aliphatic heterocycles. The summed E-state index contributed by atoms with van der Waals surface area (Å²) in [6.45, 7) is 3.89. The highest BCUT2D eigenvalue weighted by atomic mass is 16.6. The van der Waals surface area contributed by atoms with Crippen molar-refractivity contribution < 1.29 is 19.1 Å². The standard InChI is InChI=1S/C17H22N2O4/c1-3-22-16(20)18-19(17(21)23-4-2)15-12-8-11-14(15)13-9-6-5-7-10-13/h5-11,14-15H,3-4,12H2,1-2H3,(H,18,20). The molecule has 6 heteroatoms. The second-order valence-corrected chi connectivity index (χ2v) is 5.07. The van der Waals surface area contributed by atoms with Gasteiger partial charge in [0.2, 0.25) is 0 Å². The van der Waals surface area contributed by atoms with Gasteiger partial charge in [-0.15, -0.1) is 0 Å². The summed E-state index contributed by atoms with van der Waals surface area (Å²) in [4.78, 5) is 24.0. The van der Waals surface area contributed by atoms with Crippen LogP contribution in [0.25, 0.3) is 0 Å². The Bertz CT molecular complexity index is 559. The van der Waals surface area contributed by atoms with E-state index in [0.717, 1.165) is 5.56 Å². The van der Waals surface area contributed by atoms with Crippen molar-refractivity contribution in [2.75, 3.05) is 13.2 Å². The molecule has 1 N–H and O–H groups in total. The number of nitrogens with zero attached hydrogens (tertiary/aromatic N) is 1. The number of benzene rings is 1. The molecule has 0 aromatic heterocycles. The monoisotopic (exact) mass is 318 g/mol. The summed E-state index contributed by atoms with van der Waals surface area (Å²) < 4.78 is 9.95. The summed E-state index contributed by atoms with van der Waals surface area (Å²) in [6.07, 6.45) is 3.42. The van der Waals surface area contributed by atoms with E-state index in [-0.39, 0.29) is 25.2 Å². The highest BCUT2D eigenvalue weighted by Crippen LogP contribution is 2.32. The molecule has 0 bridgehead atoms. The van der Waals surface area contributed by atoms with Crippen molar-refractivity contribution in [2.45, 2.75) is 32.2 Å². The average molecular weight is 318 g/mol. The fourth-order valence-corrected chi connectivity index (χ4v) is 2.63. The Hall–Kier alpha value is -2.50. The molecule has 124 valence electrons. The minimum atomic E-state index is -0.667. The van der Waals surface area contributed by atoms with Crippen LogP contribution >= 0.6 is 0 Å². The van der Waals surface area contributed by atoms with Crippen LogP contribution in [-0.2, 0) is 9.47 Å². The molecule has 0 spiro atoms. The van der Waals surface area contributed by atoms with Gasteiger partial charge in [0, 0.05) is 5.92 Å². The Kier molecular flexibility index (Phi) is 6.02. The van der Waals surface area contributed by atoms with Crippen LogP contribution in [0, 0.1) is 0 Å². The van der Waals surface area contributed by atoms with E-state index in [4.69, 9.17) is 9.47 Å². The van der Waals surface area contributed by atoms with Gasteiger partial charge in [0.25, 0.3) is 0 Å². The van der Waals surface area contributed by atoms with Crippen molar-refractivity contribution in [3.63, 3.8) is 0 Å². The SMILES string of the molecule is CCOC(=O)NN(C(=O)OCC)C1CC=CC1c1ccccc1. The van der Waals surface area contributed by atoms with Gasteiger partial charge in [0.1, 0.15) is 0 Å². The van der Waals surface area contributed by atoms with Crippen LogP contribution in [0.3, 0.4) is 0 Å². The minimum absolute atomic E-state index is 0.0115. The van der Waals surface area contributed by atoms with Crippen LogP contribution in [0.5, 0.6) is 0 Å². The largest absolute Gasteiger partial charge is 0.449 e. The van der Waals surface area contributed by atoms with Crippen LogP contribution in [0.2, 0.25) is 0 Å². The third-order valence-corrected chi connectivity index (χ3v) is 3.60. The molecule has 0 saturated heterocycles. The summed E-state index contributed by atoms with van der Waals surface area (Å²) in [5.41, 5.74) is 3.58. The summed E-state index contributed by atoms with van der Waals surface area (Å²) in [5, 5.41) is 1.24. The van der Waals surface area contributed by atoms with Crippen molar-refractivity contribution in [1.82, 2.24) is 10.4 Å². The lowest BCUT2D eigenvalue weighted by Crippen LogP contribution is -2.53. The van der Waals surface area contributed by atoms with Gasteiger partial charge >= 0.3 is 12.2 Å². The fraction of sp³-hybridized carbons (Fsp3) is 0.412. The smallest absolute Gasteiger partial charge is 0.429 e. The zero-order valence-electron chi connectivity index (χ0n) is 13.4. The minimum Gasteiger partial charge on any atom is -0.449 e. The predicted molar refractivity (Wildman–Crippen MR) is 85.7 cm³/mol. The van der Waals surface area contributed by atoms with E-state index in [9.17, 15) is 9.59 Å². The van der Waals surface area contributed by atoms with Crippen molar-refractivity contribution >= 4 is 12.2 Å². The Balaban J connectivity index is 2.19. The van der Waals surface area contributed by atoms with Crippen molar-refractivity contribution in [3.05, 3.63) is 48.0 Å². The zero-order chi connectivity index (χ0) is 16.7. The van der Waals surface area contributed by atoms with E-state index in [0.29, 0.717) is 6.42 Å². The van der Waals surface area contributed by atoms with E-state index in [1.54, 1.807) is 13.8 Å². The first kappa shape index (κ1) is 16.9. The molecule has 2 rings (SSSR count). The van der Waals surface area contributed by atoms with Gasteiger partial charge < -0.3 is 9.47 Å². The van der Waals surface area contributed by atoms with E-state index >= 15 is 0 Å². The Morgan fingerprint density at radius 1 is 1.17 bits per heavy atom. The van der Waals surface area contributed by atoms with Crippen molar-refractivity contribution in [2.24, 2.45) is 0 Å². The maximum Gasteiger partial charge on any atom is 0.429 e. The number of hydrogen-bond acceptors (Lipinski definition) is 4. The van der Waals surface area contributed by atoms with Gasteiger partial charge in [-0.25, -0.2) is 20.0 Å². The molecule has 0 heterocycles. The number of carbonyl (C=O) groups excluding carboxylic acids is 2. The molecule has 0 saturated carbocycles. The van der Waals surface area contributed by atoms with E-state index in [1.165, 1.54) is 5.01 Å². The highest BCUT2D eigenvalue weighted by molar-refractivity contribution is 5.74. The van der Waals surface area contributed by atoms with E-state index in [1.807, 2.05) is 42.5 Å². The number of carbonyl (C=O) groups is 2. The summed E-state index contributed by atoms with van der Waals surface area (Å²) in [7, 11) is 0. The van der Waals surface area contributed by atoms with E-state index in [2.05, 4.69) is 5.43 Å². The van der Waals surface area contributed by atoms with Gasteiger partial charge in [-0.3, -0.25) is 0 Å². The Morgan fingerprint density at radius 3 is 2.52 bits per heavy atom. The number of amides is 2. The lowest BCUT2D eigenvalue weighted by molar-refractivity contribution is 0.0541. The quantitative estimate of drug-likeness (QED) is 0.683. The summed E-state index contributed by atoms with van der Waals surface area (Å²) in [6, 6.07) is 9.60. The van der Waals surface area contributed by atoms with Gasteiger partial charge in [-0.05, 0) is 25.8 Å². The molecule has 1 aliphatic carbocycles. The third-order valence-electron chi connectivity index (χ3n) is 3.60. The second-order valence-electron chi connectivity index (χ2n) is 5.07. The third kappa shape index (κ3) is 4.25. The topological polar surface area (TPSA) is 67.9 Å². The maximum absolute atomic E-state index is 12.3. The normalized spacial score (nSPS) is 19.2. The number of rotatable bonds is 4. The molecule has 0 radical (unpaired) electrons. The zero-order valence-corrected chi connectivity index (χ0v) is 13.4. The molecule has 6 nitrogen and oxygen atoms in total. The molecule has 2 unspecified atom stereocenters. The van der Waals surface area contributed by atoms with Gasteiger partial charge in [-0.2, -0.15) is 0 Å².